The minimum absolute atomic E-state index is 0.191. The summed E-state index contributed by atoms with van der Waals surface area (Å²) >= 11 is 0. The van der Waals surface area contributed by atoms with Crippen molar-refractivity contribution >= 4 is 12.6 Å². The summed E-state index contributed by atoms with van der Waals surface area (Å²) in [5.74, 6) is -0.443. The minimum atomic E-state index is -1.64. The highest BCUT2D eigenvalue weighted by Gasteiger charge is 2.22. The topological polar surface area (TPSA) is 52.9 Å². The first-order chi connectivity index (χ1) is 9.10. The SMILES string of the molecule is CCC1COCCN1Cc1cc(F)cc(B(O)O)c1. The van der Waals surface area contributed by atoms with Crippen LogP contribution in [0.5, 0.6) is 0 Å². The second-order valence-electron chi connectivity index (χ2n) is 4.87. The van der Waals surface area contributed by atoms with E-state index in [1.165, 1.54) is 6.07 Å². The molecule has 0 bridgehead atoms. The lowest BCUT2D eigenvalue weighted by atomic mass is 9.79. The van der Waals surface area contributed by atoms with E-state index in [9.17, 15) is 4.39 Å². The van der Waals surface area contributed by atoms with Crippen LogP contribution in [0, 0.1) is 5.82 Å². The van der Waals surface area contributed by atoms with E-state index in [0.717, 1.165) is 24.6 Å². The Morgan fingerprint density at radius 2 is 2.21 bits per heavy atom. The maximum Gasteiger partial charge on any atom is 0.488 e. The van der Waals surface area contributed by atoms with Gasteiger partial charge in [-0.1, -0.05) is 13.0 Å². The number of halogens is 1. The van der Waals surface area contributed by atoms with Crippen LogP contribution in [0.25, 0.3) is 0 Å². The van der Waals surface area contributed by atoms with E-state index in [2.05, 4.69) is 11.8 Å². The van der Waals surface area contributed by atoms with Gasteiger partial charge in [-0.25, -0.2) is 4.39 Å². The normalized spacial score (nSPS) is 20.5. The minimum Gasteiger partial charge on any atom is -0.423 e. The molecule has 1 aliphatic heterocycles. The van der Waals surface area contributed by atoms with E-state index in [0.29, 0.717) is 25.8 Å². The van der Waals surface area contributed by atoms with Crippen LogP contribution < -0.4 is 5.46 Å². The smallest absolute Gasteiger partial charge is 0.423 e. The first-order valence-electron chi connectivity index (χ1n) is 6.57. The average Bonchev–Trinajstić information content (AvgIpc) is 2.38. The molecule has 0 radical (unpaired) electrons. The van der Waals surface area contributed by atoms with E-state index < -0.39 is 12.9 Å². The van der Waals surface area contributed by atoms with Crippen LogP contribution >= 0.6 is 0 Å². The van der Waals surface area contributed by atoms with Crippen molar-refractivity contribution in [3.8, 4) is 0 Å². The van der Waals surface area contributed by atoms with Crippen molar-refractivity contribution in [3.05, 3.63) is 29.6 Å². The molecule has 0 aromatic heterocycles. The molecule has 1 aromatic carbocycles. The van der Waals surface area contributed by atoms with Gasteiger partial charge in [-0.15, -0.1) is 0 Å². The maximum atomic E-state index is 13.5. The summed E-state index contributed by atoms with van der Waals surface area (Å²) < 4.78 is 18.9. The molecule has 2 rings (SSSR count). The molecular formula is C13H19BFNO3. The van der Waals surface area contributed by atoms with Gasteiger partial charge in [0.15, 0.2) is 0 Å². The predicted octanol–water partition coefficient (Wildman–Crippen LogP) is 0.116. The zero-order valence-corrected chi connectivity index (χ0v) is 11.1. The highest BCUT2D eigenvalue weighted by Crippen LogP contribution is 2.15. The average molecular weight is 267 g/mol. The molecule has 104 valence electrons. The molecule has 0 amide bonds. The summed E-state index contributed by atoms with van der Waals surface area (Å²) in [5.41, 5.74) is 0.944. The molecule has 19 heavy (non-hydrogen) atoms. The molecule has 1 atom stereocenters. The molecule has 1 saturated heterocycles. The Labute approximate surface area is 113 Å². The second-order valence-corrected chi connectivity index (χ2v) is 4.87. The molecule has 1 fully saturated rings. The van der Waals surface area contributed by atoms with Gasteiger partial charge in [-0.05, 0) is 29.6 Å². The van der Waals surface area contributed by atoms with Crippen LogP contribution in [0.3, 0.4) is 0 Å². The molecule has 4 nitrogen and oxygen atoms in total. The lowest BCUT2D eigenvalue weighted by Gasteiger charge is -2.35. The van der Waals surface area contributed by atoms with Crippen molar-refractivity contribution in [2.24, 2.45) is 0 Å². The number of hydrogen-bond donors (Lipinski definition) is 2. The van der Waals surface area contributed by atoms with Crippen LogP contribution in [0.2, 0.25) is 0 Å². The third-order valence-electron chi connectivity index (χ3n) is 3.48. The molecule has 1 heterocycles. The number of morpholine rings is 1. The van der Waals surface area contributed by atoms with Gasteiger partial charge >= 0.3 is 7.12 Å². The summed E-state index contributed by atoms with van der Waals surface area (Å²) in [6.45, 7) is 4.88. The third-order valence-corrected chi connectivity index (χ3v) is 3.48. The Bertz CT molecular complexity index is 430. The summed E-state index contributed by atoms with van der Waals surface area (Å²) in [6.07, 6.45) is 0.977. The van der Waals surface area contributed by atoms with Crippen LogP contribution in [0.1, 0.15) is 18.9 Å². The molecular weight excluding hydrogens is 248 g/mol. The maximum absolute atomic E-state index is 13.5. The molecule has 1 unspecified atom stereocenters. The van der Waals surface area contributed by atoms with Crippen molar-refractivity contribution in [1.82, 2.24) is 4.90 Å². The van der Waals surface area contributed by atoms with E-state index in [1.54, 1.807) is 6.07 Å². The van der Waals surface area contributed by atoms with Gasteiger partial charge in [0, 0.05) is 19.1 Å². The lowest BCUT2D eigenvalue weighted by Crippen LogP contribution is -2.44. The fourth-order valence-corrected chi connectivity index (χ4v) is 2.42. The molecule has 1 aromatic rings. The van der Waals surface area contributed by atoms with Gasteiger partial charge in [-0.3, -0.25) is 4.90 Å². The van der Waals surface area contributed by atoms with E-state index in [4.69, 9.17) is 14.8 Å². The summed E-state index contributed by atoms with van der Waals surface area (Å²) in [7, 11) is -1.64. The van der Waals surface area contributed by atoms with Crippen LogP contribution in [-0.2, 0) is 11.3 Å². The Balaban J connectivity index is 2.13. The number of benzene rings is 1. The first-order valence-corrected chi connectivity index (χ1v) is 6.57. The number of ether oxygens (including phenoxy) is 1. The van der Waals surface area contributed by atoms with Crippen molar-refractivity contribution in [3.63, 3.8) is 0 Å². The van der Waals surface area contributed by atoms with Crippen LogP contribution in [0.4, 0.5) is 4.39 Å². The Kier molecular flexibility index (Phi) is 4.93. The fraction of sp³-hybridized carbons (Fsp3) is 0.538. The molecule has 2 N–H and O–H groups in total. The number of nitrogens with zero attached hydrogens (tertiary/aromatic N) is 1. The molecule has 0 saturated carbocycles. The Morgan fingerprint density at radius 1 is 1.42 bits per heavy atom. The summed E-state index contributed by atoms with van der Waals surface area (Å²) in [5, 5.41) is 18.3. The van der Waals surface area contributed by atoms with E-state index in [-0.39, 0.29) is 5.46 Å². The van der Waals surface area contributed by atoms with Gasteiger partial charge in [0.25, 0.3) is 0 Å². The first kappa shape index (κ1) is 14.5. The van der Waals surface area contributed by atoms with Crippen molar-refractivity contribution in [2.75, 3.05) is 19.8 Å². The van der Waals surface area contributed by atoms with Crippen LogP contribution in [0.15, 0.2) is 18.2 Å². The summed E-state index contributed by atoms with van der Waals surface area (Å²) in [4.78, 5) is 2.24. The third kappa shape index (κ3) is 3.76. The van der Waals surface area contributed by atoms with E-state index >= 15 is 0 Å². The highest BCUT2D eigenvalue weighted by molar-refractivity contribution is 6.58. The zero-order chi connectivity index (χ0) is 13.8. The Hall–Kier alpha value is -0.945. The number of rotatable bonds is 4. The fourth-order valence-electron chi connectivity index (χ4n) is 2.42. The molecule has 6 heteroatoms. The van der Waals surface area contributed by atoms with Crippen molar-refractivity contribution < 1.29 is 19.2 Å². The number of hydrogen-bond acceptors (Lipinski definition) is 4. The standard InChI is InChI=1S/C13H19BFNO3/c1-2-13-9-19-4-3-16(13)8-10-5-11(14(17)18)7-12(15)6-10/h5-7,13,17-18H,2-4,8-9H2,1H3. The van der Waals surface area contributed by atoms with Crippen LogP contribution in [-0.4, -0.2) is 47.9 Å². The van der Waals surface area contributed by atoms with Gasteiger partial charge in [-0.2, -0.15) is 0 Å². The van der Waals surface area contributed by atoms with Gasteiger partial charge < -0.3 is 14.8 Å². The summed E-state index contributed by atoms with van der Waals surface area (Å²) in [6, 6.07) is 4.55. The predicted molar refractivity (Wildman–Crippen MR) is 71.5 cm³/mol. The van der Waals surface area contributed by atoms with Gasteiger partial charge in [0.1, 0.15) is 5.82 Å². The molecule has 1 aliphatic rings. The second kappa shape index (κ2) is 6.48. The van der Waals surface area contributed by atoms with Gasteiger partial charge in [0.2, 0.25) is 0 Å². The zero-order valence-electron chi connectivity index (χ0n) is 11.1. The van der Waals surface area contributed by atoms with E-state index in [1.807, 2.05) is 0 Å². The van der Waals surface area contributed by atoms with Crippen molar-refractivity contribution in [1.29, 1.82) is 0 Å². The monoisotopic (exact) mass is 267 g/mol. The quantitative estimate of drug-likeness (QED) is 0.761. The molecule has 0 spiro atoms. The Morgan fingerprint density at radius 3 is 2.89 bits per heavy atom. The van der Waals surface area contributed by atoms with Crippen molar-refractivity contribution in [2.45, 2.75) is 25.9 Å². The highest BCUT2D eigenvalue weighted by atomic mass is 19.1. The molecule has 0 aliphatic carbocycles. The van der Waals surface area contributed by atoms with Gasteiger partial charge in [0.05, 0.1) is 13.2 Å². The largest absolute Gasteiger partial charge is 0.488 e. The lowest BCUT2D eigenvalue weighted by molar-refractivity contribution is -0.0127.